The van der Waals surface area contributed by atoms with Gasteiger partial charge in [-0.25, -0.2) is 0 Å². The zero-order valence-corrected chi connectivity index (χ0v) is 65.8. The van der Waals surface area contributed by atoms with Crippen LogP contribution in [0, 0.1) is 0 Å². The van der Waals surface area contributed by atoms with E-state index in [2.05, 4.69) is 47.9 Å². The Labute approximate surface area is 663 Å². The zero-order valence-electron chi connectivity index (χ0n) is 64.2. The number of hydrogen-bond acceptors (Lipinski definition) is 25. The van der Waals surface area contributed by atoms with E-state index in [4.69, 9.17) is 19.9 Å². The molecule has 0 aliphatic carbocycles. The fraction of sp³-hybridized carbons (Fsp3) is 0.694. The number of carbonyl (C=O) groups excluding carboxylic acids is 12. The molecule has 4 aliphatic heterocycles. The Morgan fingerprint density at radius 3 is 1.69 bits per heavy atom. The van der Waals surface area contributed by atoms with Crippen LogP contribution in [0.1, 0.15) is 122 Å². The predicted octanol–water partition coefficient (Wildman–Crippen LogP) is -3.89. The normalized spacial score (nSPS) is 21.8. The van der Waals surface area contributed by atoms with Gasteiger partial charge in [-0.3, -0.25) is 91.4 Å². The van der Waals surface area contributed by atoms with Gasteiger partial charge in [0.05, 0.1) is 52.0 Å². The smallest absolute Gasteiger partial charge is 0.320 e. The average Bonchev–Trinajstić information content (AvgIpc) is 1.66. The molecule has 16 N–H and O–H groups in total. The molecule has 39 nitrogen and oxygen atoms in total. The fourth-order valence-corrected chi connectivity index (χ4v) is 15.2. The molecule has 0 unspecified atom stereocenters. The third kappa shape index (κ3) is 35.6. The van der Waals surface area contributed by atoms with Crippen molar-refractivity contribution in [3.8, 4) is 0 Å². The molecule has 5 rings (SSSR count). The second-order valence-electron chi connectivity index (χ2n) is 27.8. The van der Waals surface area contributed by atoms with Crippen LogP contribution in [-0.2, 0) is 97.3 Å². The molecule has 0 radical (unpaired) electrons. The molecule has 4 heterocycles. The first-order valence-electron chi connectivity index (χ1n) is 38.3. The summed E-state index contributed by atoms with van der Waals surface area (Å²) in [6, 6.07) is -4.01. The molecule has 0 spiro atoms. The Bertz CT molecular complexity index is 3310. The van der Waals surface area contributed by atoms with Crippen molar-refractivity contribution in [1.82, 2.24) is 72.4 Å². The van der Waals surface area contributed by atoms with E-state index >= 15 is 4.79 Å². The quantitative estimate of drug-likeness (QED) is 0.0220. The number of aliphatic carboxylic acids is 4. The third-order valence-corrected chi connectivity index (χ3v) is 21.4. The Hall–Kier alpha value is -8.84. The molecule has 113 heavy (non-hydrogen) atoms. The number of fused-ring (bicyclic) bond motifs is 2. The van der Waals surface area contributed by atoms with E-state index < -0.39 is 169 Å². The summed E-state index contributed by atoms with van der Waals surface area (Å²) in [6.07, 6.45) is -0.887. The van der Waals surface area contributed by atoms with Gasteiger partial charge in [-0.05, 0) is 70.3 Å². The first kappa shape index (κ1) is 94.8. The minimum atomic E-state index is -1.75. The zero-order chi connectivity index (χ0) is 82.8. The highest BCUT2D eigenvalue weighted by Crippen LogP contribution is 2.29. The van der Waals surface area contributed by atoms with E-state index in [0.29, 0.717) is 63.8 Å². The van der Waals surface area contributed by atoms with Gasteiger partial charge < -0.3 is 103 Å². The van der Waals surface area contributed by atoms with E-state index in [1.807, 2.05) is 6.92 Å². The topological polar surface area (TPSA) is 552 Å². The first-order chi connectivity index (χ1) is 54.0. The van der Waals surface area contributed by atoms with Gasteiger partial charge in [0.15, 0.2) is 0 Å². The lowest BCUT2D eigenvalue weighted by atomic mass is 10.0. The maximum Gasteiger partial charge on any atom is 0.320 e. The number of ether oxygens (including phenoxy) is 3. The van der Waals surface area contributed by atoms with Crippen LogP contribution in [0.3, 0.4) is 0 Å². The minimum absolute atomic E-state index is 0.0162. The Balaban J connectivity index is 1.13. The number of nitrogens with one attached hydrogen (secondary N) is 9. The summed E-state index contributed by atoms with van der Waals surface area (Å²) in [5, 5.41) is 72.8. The molecular weight excluding hydrogens is 1520 g/mol. The summed E-state index contributed by atoms with van der Waals surface area (Å²) < 4.78 is 16.8. The molecule has 4 aliphatic rings. The van der Waals surface area contributed by atoms with Gasteiger partial charge in [0.1, 0.15) is 54.4 Å². The lowest BCUT2D eigenvalue weighted by Crippen LogP contribution is -2.61. The van der Waals surface area contributed by atoms with Crippen LogP contribution in [0.15, 0.2) is 30.3 Å². The molecule has 1 aromatic carbocycles. The third-order valence-electron chi connectivity index (χ3n) is 19.0. The van der Waals surface area contributed by atoms with Crippen LogP contribution in [0.4, 0.5) is 0 Å². The highest BCUT2D eigenvalue weighted by Gasteiger charge is 2.45. The number of nitrogens with two attached hydrogens (primary N) is 1. The van der Waals surface area contributed by atoms with Crippen LogP contribution in [0.25, 0.3) is 0 Å². The number of benzene rings is 1. The molecule has 0 aromatic heterocycles. The SMILES string of the molecule is CCCC[C@H](NC(=O)CCC(=O)NCCCOCCOCCOCCCNC(=O)CC[C@H](C(=O)O)N1CCN(CC(=O)O)CCN(CC(=O)O)CC1)C(=O)N[C@H]1CSSC[C@@H](C(=O)NCCC(=O)O)NC(=O)[C@H](Cc2ccccc2)NC(=O)[C@H](CCC(N)=O)NC(=O)[C@H]([C@@H](C)O)NC(=O)[C@@H]2CCCN2C(=O)[C@@H]2CCCN2C1=O. The van der Waals surface area contributed by atoms with Crippen molar-refractivity contribution in [1.29, 1.82) is 0 Å². The molecule has 41 heteroatoms. The maximum atomic E-state index is 15.1. The van der Waals surface area contributed by atoms with Crippen molar-refractivity contribution >= 4 is 116 Å². The lowest BCUT2D eigenvalue weighted by molar-refractivity contribution is -0.148. The van der Waals surface area contributed by atoms with Gasteiger partial charge in [0.2, 0.25) is 70.9 Å². The van der Waals surface area contributed by atoms with Crippen molar-refractivity contribution < 1.29 is 116 Å². The number of aliphatic hydroxyl groups is 1. The monoisotopic (exact) mass is 1640 g/mol. The Kier molecular flexibility index (Phi) is 43.4. The minimum Gasteiger partial charge on any atom is -0.481 e. The van der Waals surface area contributed by atoms with Crippen molar-refractivity contribution in [2.45, 2.75) is 183 Å². The first-order valence-corrected chi connectivity index (χ1v) is 40.8. The van der Waals surface area contributed by atoms with Crippen LogP contribution in [0.5, 0.6) is 0 Å². The van der Waals surface area contributed by atoms with E-state index in [9.17, 15) is 97.5 Å². The standard InChI is InChI=1S/C72H113N15O24S2/c1-3-4-14-48(77-59(92)22-21-58(91)75-25-11-36-110-38-40-111-39-37-109-35-10-24-74-57(90)20-18-55(72(107)108)85-33-31-83(42-61(95)96)29-30-84(32-34-85)43-62(97)98)65(100)81-52-45-113-112-44-51(64(99)76-26-23-60(93)94)80-67(102)50(41-47-12-6-5-7-13-47)79-66(101)49(17-19-56(73)89)78-69(104)63(46(2)88)82-68(103)53-15-8-27-86(53)71(106)54-16-9-28-87(54)70(52)105/h5-7,12-13,46,48-55,63,88H,3-4,8-11,14-45H2,1-2H3,(H2,73,89)(H,74,90)(H,75,91)(H,76,99)(H,77,92)(H,78,104)(H,79,101)(H,80,102)(H,81,100)(H,82,103)(H,93,94)(H,95,96)(H,97,98)(H,107,108)/t46-,48+,49+,50+,51+,52+,53+,54+,55-,63+/m1/s1. The summed E-state index contributed by atoms with van der Waals surface area (Å²) in [5.74, 6) is -14.1. The van der Waals surface area contributed by atoms with Gasteiger partial charge in [-0.1, -0.05) is 71.7 Å². The number of unbranched alkanes of at least 4 members (excludes halogenated alkanes) is 1. The molecule has 632 valence electrons. The highest BCUT2D eigenvalue weighted by molar-refractivity contribution is 8.76. The molecule has 0 bridgehead atoms. The summed E-state index contributed by atoms with van der Waals surface area (Å²) in [4.78, 5) is 221. The van der Waals surface area contributed by atoms with Crippen molar-refractivity contribution in [2.75, 3.05) is 136 Å². The molecular formula is C72H113N15O24S2. The van der Waals surface area contributed by atoms with Gasteiger partial charge in [0, 0.05) is 129 Å². The summed E-state index contributed by atoms with van der Waals surface area (Å²) >= 11 is 0. The second kappa shape index (κ2) is 51.8. The Morgan fingerprint density at radius 1 is 0.566 bits per heavy atom. The number of nitrogens with zero attached hydrogens (tertiary/aromatic N) is 5. The number of amides is 12. The maximum absolute atomic E-state index is 15.1. The number of aliphatic hydroxyl groups excluding tert-OH is 1. The van der Waals surface area contributed by atoms with Gasteiger partial charge in [-0.2, -0.15) is 0 Å². The van der Waals surface area contributed by atoms with E-state index in [0.717, 1.165) is 21.6 Å². The summed E-state index contributed by atoms with van der Waals surface area (Å²) in [6.45, 7) is 5.82. The summed E-state index contributed by atoms with van der Waals surface area (Å²) in [5.41, 5.74) is 6.00. The van der Waals surface area contributed by atoms with Crippen LogP contribution in [-0.4, -0.2) is 342 Å². The fourth-order valence-electron chi connectivity index (χ4n) is 12.9. The molecule has 4 fully saturated rings. The largest absolute Gasteiger partial charge is 0.481 e. The molecule has 12 amide bonds. The summed E-state index contributed by atoms with van der Waals surface area (Å²) in [7, 11) is 1.96. The van der Waals surface area contributed by atoms with Crippen LogP contribution in [0.2, 0.25) is 0 Å². The van der Waals surface area contributed by atoms with Gasteiger partial charge in [-0.15, -0.1) is 0 Å². The second-order valence-corrected chi connectivity index (χ2v) is 30.4. The van der Waals surface area contributed by atoms with E-state index in [1.165, 1.54) is 16.7 Å². The number of hydrogen-bond donors (Lipinski definition) is 15. The van der Waals surface area contributed by atoms with E-state index in [1.54, 1.807) is 45.0 Å². The Morgan fingerprint density at radius 2 is 1.12 bits per heavy atom. The van der Waals surface area contributed by atoms with Crippen LogP contribution < -0.4 is 53.6 Å². The van der Waals surface area contributed by atoms with Crippen molar-refractivity contribution in [3.63, 3.8) is 0 Å². The molecule has 0 saturated carbocycles. The number of carbonyl (C=O) groups is 16. The molecule has 4 saturated heterocycles. The van der Waals surface area contributed by atoms with Gasteiger partial charge >= 0.3 is 23.9 Å². The number of primary amides is 1. The van der Waals surface area contributed by atoms with Gasteiger partial charge in [0.25, 0.3) is 0 Å². The lowest BCUT2D eigenvalue weighted by Gasteiger charge is -2.33. The predicted molar refractivity (Wildman–Crippen MR) is 408 cm³/mol. The highest BCUT2D eigenvalue weighted by atomic mass is 33.1. The number of carboxylic acids is 4. The average molecular weight is 1640 g/mol. The number of rotatable bonds is 42. The van der Waals surface area contributed by atoms with E-state index in [-0.39, 0.29) is 174 Å². The van der Waals surface area contributed by atoms with Crippen molar-refractivity contribution in [2.24, 2.45) is 5.73 Å². The number of carboxylic acid groups (broad SMARTS) is 4. The van der Waals surface area contributed by atoms with Crippen LogP contribution >= 0.6 is 21.6 Å². The molecule has 1 aromatic rings. The van der Waals surface area contributed by atoms with Crippen molar-refractivity contribution in [3.05, 3.63) is 35.9 Å². The molecule has 10 atom stereocenters.